The highest BCUT2D eigenvalue weighted by molar-refractivity contribution is 5.92. The van der Waals surface area contributed by atoms with Crippen molar-refractivity contribution in [2.45, 2.75) is 69.6 Å². The van der Waals surface area contributed by atoms with E-state index in [1.165, 1.54) is 17.4 Å². The fraction of sp³-hybridized carbons (Fsp3) is 0.650. The average Bonchev–Trinajstić information content (AvgIpc) is 2.73. The molecule has 0 spiro atoms. The van der Waals surface area contributed by atoms with Crippen molar-refractivity contribution < 1.29 is 29.3 Å². The van der Waals surface area contributed by atoms with Gasteiger partial charge in [0.2, 0.25) is 5.91 Å². The number of aliphatic hydroxyl groups is 1. The smallest absolute Gasteiger partial charge is 0.335 e. The molecule has 1 saturated carbocycles. The lowest BCUT2D eigenvalue weighted by Gasteiger charge is -2.38. The van der Waals surface area contributed by atoms with Crippen molar-refractivity contribution in [1.82, 2.24) is 15.5 Å². The molecule has 0 saturated heterocycles. The summed E-state index contributed by atoms with van der Waals surface area (Å²) in [4.78, 5) is 38.5. The van der Waals surface area contributed by atoms with E-state index < -0.39 is 35.6 Å². The second kappa shape index (κ2) is 10.7. The number of aliphatic hydroxyl groups excluding tert-OH is 1. The molecule has 9 heteroatoms. The highest BCUT2D eigenvalue weighted by Gasteiger charge is 2.43. The number of rotatable bonds is 6. The van der Waals surface area contributed by atoms with Crippen molar-refractivity contribution in [2.75, 3.05) is 13.2 Å². The molecule has 0 aromatic rings. The maximum atomic E-state index is 13.1. The maximum absolute atomic E-state index is 13.1. The van der Waals surface area contributed by atoms with E-state index >= 15 is 0 Å². The molecular formula is C20H29N3O6. The molecule has 1 aliphatic heterocycles. The number of hydrogen-bond donors (Lipinski definition) is 4. The van der Waals surface area contributed by atoms with E-state index in [-0.39, 0.29) is 0 Å². The Bertz CT molecular complexity index is 690. The van der Waals surface area contributed by atoms with Crippen molar-refractivity contribution in [3.63, 3.8) is 0 Å². The number of aliphatic carboxylic acids is 1. The summed E-state index contributed by atoms with van der Waals surface area (Å²) in [6.45, 7) is 2.65. The lowest BCUT2D eigenvalue weighted by atomic mass is 9.80. The highest BCUT2D eigenvalue weighted by atomic mass is 16.5. The number of nitrogens with one attached hydrogen (secondary N) is 2. The summed E-state index contributed by atoms with van der Waals surface area (Å²) in [6.07, 6.45) is 5.64. The van der Waals surface area contributed by atoms with Gasteiger partial charge in [0.25, 0.3) is 0 Å². The van der Waals surface area contributed by atoms with E-state index in [1.807, 2.05) is 6.92 Å². The second-order valence-electron chi connectivity index (χ2n) is 7.23. The van der Waals surface area contributed by atoms with Gasteiger partial charge in [-0.1, -0.05) is 32.1 Å². The fourth-order valence-electron chi connectivity index (χ4n) is 3.34. The van der Waals surface area contributed by atoms with Gasteiger partial charge in [-0.05, 0) is 19.3 Å². The minimum atomic E-state index is -1.86. The van der Waals surface area contributed by atoms with Crippen LogP contribution in [0.2, 0.25) is 0 Å². The third kappa shape index (κ3) is 6.12. The predicted octanol–water partition coefficient (Wildman–Crippen LogP) is 0.936. The minimum Gasteiger partial charge on any atom is -0.498 e. The van der Waals surface area contributed by atoms with Crippen LogP contribution in [0.5, 0.6) is 0 Å². The van der Waals surface area contributed by atoms with Crippen molar-refractivity contribution in [3.05, 3.63) is 12.5 Å². The van der Waals surface area contributed by atoms with E-state index in [1.54, 1.807) is 0 Å². The Hall–Kier alpha value is -2.73. The van der Waals surface area contributed by atoms with Gasteiger partial charge in [-0.25, -0.2) is 9.59 Å². The standard InChI is InChI=1S/C20H29N3O6/c1-2-3-5-8-15(16(24)17(25)26)21-18(27)20(9-6-4-7-10-20)22-19(28)23-11-13-29-14-12-23/h11,13,15-16,24H,2-4,6-7,9-10,12,14H2,1H3,(H,21,27)(H,22,28)(H,25,26). The number of carbonyl (C=O) groups excluding carboxylic acids is 2. The molecular weight excluding hydrogens is 378 g/mol. The van der Waals surface area contributed by atoms with Crippen LogP contribution in [0.15, 0.2) is 12.5 Å². The van der Waals surface area contributed by atoms with Crippen LogP contribution in [-0.4, -0.2) is 63.9 Å². The Morgan fingerprint density at radius 3 is 2.59 bits per heavy atom. The third-order valence-corrected chi connectivity index (χ3v) is 5.02. The van der Waals surface area contributed by atoms with Crippen LogP contribution in [-0.2, 0) is 14.3 Å². The molecule has 29 heavy (non-hydrogen) atoms. The van der Waals surface area contributed by atoms with Gasteiger partial charge in [-0.15, -0.1) is 5.92 Å². The Balaban J connectivity index is 2.18. The van der Waals surface area contributed by atoms with Gasteiger partial charge in [-0.3, -0.25) is 9.69 Å². The van der Waals surface area contributed by atoms with Crippen molar-refractivity contribution in [1.29, 1.82) is 0 Å². The molecule has 9 nitrogen and oxygen atoms in total. The lowest BCUT2D eigenvalue weighted by Crippen LogP contribution is -2.64. The summed E-state index contributed by atoms with van der Waals surface area (Å²) >= 11 is 0. The van der Waals surface area contributed by atoms with Gasteiger partial charge in [-0.2, -0.15) is 0 Å². The number of carbonyl (C=O) groups is 3. The van der Waals surface area contributed by atoms with Crippen LogP contribution in [0.4, 0.5) is 4.79 Å². The third-order valence-electron chi connectivity index (χ3n) is 5.02. The van der Waals surface area contributed by atoms with Crippen LogP contribution in [0.3, 0.4) is 0 Å². The van der Waals surface area contributed by atoms with Crippen molar-refractivity contribution in [2.24, 2.45) is 0 Å². The van der Waals surface area contributed by atoms with Gasteiger partial charge >= 0.3 is 12.0 Å². The molecule has 2 unspecified atom stereocenters. The number of hydrogen-bond acceptors (Lipinski definition) is 5. The van der Waals surface area contributed by atoms with Gasteiger partial charge < -0.3 is 25.6 Å². The second-order valence-corrected chi connectivity index (χ2v) is 7.23. The average molecular weight is 407 g/mol. The SMILES string of the molecule is CCCC#CC(NC(=O)C1(NC(=O)N2C=COCC2)CCCCC1)C(O)C(=O)O. The summed E-state index contributed by atoms with van der Waals surface area (Å²) in [6, 6.07) is -1.68. The molecule has 160 valence electrons. The number of urea groups is 1. The van der Waals surface area contributed by atoms with Crippen molar-refractivity contribution in [3.8, 4) is 11.8 Å². The van der Waals surface area contributed by atoms with Crippen molar-refractivity contribution >= 4 is 17.9 Å². The fourth-order valence-corrected chi connectivity index (χ4v) is 3.34. The predicted molar refractivity (Wildman–Crippen MR) is 104 cm³/mol. The van der Waals surface area contributed by atoms with Gasteiger partial charge in [0.15, 0.2) is 6.10 Å². The molecule has 1 aliphatic carbocycles. The number of carboxylic acids is 1. The zero-order chi connectivity index (χ0) is 21.3. The Kier molecular flexibility index (Phi) is 8.34. The van der Waals surface area contributed by atoms with E-state index in [0.29, 0.717) is 32.4 Å². The zero-order valence-corrected chi connectivity index (χ0v) is 16.6. The van der Waals surface area contributed by atoms with Crippen LogP contribution in [0.25, 0.3) is 0 Å². The topological polar surface area (TPSA) is 128 Å². The molecule has 1 heterocycles. The van der Waals surface area contributed by atoms with E-state index in [2.05, 4.69) is 22.5 Å². The molecule has 3 amide bonds. The molecule has 0 radical (unpaired) electrons. The first kappa shape index (κ1) is 22.6. The molecule has 0 bridgehead atoms. The zero-order valence-electron chi connectivity index (χ0n) is 16.6. The van der Waals surface area contributed by atoms with Gasteiger partial charge in [0, 0.05) is 12.6 Å². The molecule has 2 atom stereocenters. The quantitative estimate of drug-likeness (QED) is 0.485. The first-order valence-corrected chi connectivity index (χ1v) is 9.97. The number of ether oxygens (including phenoxy) is 1. The Labute approximate surface area is 170 Å². The Morgan fingerprint density at radius 1 is 1.28 bits per heavy atom. The monoisotopic (exact) mass is 407 g/mol. The van der Waals surface area contributed by atoms with Gasteiger partial charge in [0.05, 0.1) is 12.8 Å². The molecule has 1 fully saturated rings. The number of nitrogens with zero attached hydrogens (tertiary/aromatic N) is 1. The summed E-state index contributed by atoms with van der Waals surface area (Å²) in [5, 5.41) is 24.5. The van der Waals surface area contributed by atoms with Crippen LogP contribution in [0.1, 0.15) is 51.9 Å². The number of unbranched alkanes of at least 4 members (excludes halogenated alkanes) is 1. The maximum Gasteiger partial charge on any atom is 0.335 e. The van der Waals surface area contributed by atoms with E-state index in [9.17, 15) is 19.5 Å². The molecule has 2 aliphatic rings. The molecule has 0 aromatic carbocycles. The van der Waals surface area contributed by atoms with E-state index in [0.717, 1.165) is 25.7 Å². The molecule has 0 aromatic heterocycles. The Morgan fingerprint density at radius 2 is 2.00 bits per heavy atom. The van der Waals surface area contributed by atoms with Crippen LogP contribution < -0.4 is 10.6 Å². The minimum absolute atomic E-state index is 0.364. The number of carboxylic acid groups (broad SMARTS) is 1. The van der Waals surface area contributed by atoms with Crippen LogP contribution >= 0.6 is 0 Å². The number of amides is 3. The molecule has 4 N–H and O–H groups in total. The lowest BCUT2D eigenvalue weighted by molar-refractivity contribution is -0.148. The molecule has 2 rings (SSSR count). The summed E-state index contributed by atoms with van der Waals surface area (Å²) in [5.41, 5.74) is -1.18. The van der Waals surface area contributed by atoms with E-state index in [4.69, 9.17) is 9.84 Å². The van der Waals surface area contributed by atoms with Crippen LogP contribution in [0, 0.1) is 11.8 Å². The summed E-state index contributed by atoms with van der Waals surface area (Å²) < 4.78 is 5.08. The normalized spacial score (nSPS) is 19.7. The first-order valence-electron chi connectivity index (χ1n) is 9.97. The highest BCUT2D eigenvalue weighted by Crippen LogP contribution is 2.29. The summed E-state index contributed by atoms with van der Waals surface area (Å²) in [7, 11) is 0. The van der Waals surface area contributed by atoms with Gasteiger partial charge in [0.1, 0.15) is 18.2 Å². The summed E-state index contributed by atoms with van der Waals surface area (Å²) in [5.74, 6) is 3.42. The largest absolute Gasteiger partial charge is 0.498 e. The first-order chi connectivity index (χ1) is 13.9.